The summed E-state index contributed by atoms with van der Waals surface area (Å²) < 4.78 is 46.3. The molecule has 0 radical (unpaired) electrons. The standard InChI is InChI=1S/C24H21BF3INO2.K/c1-14-16(11-22(25(26,27)28)15(2)23(14)29)12-30-24(31)32-13-21-19-9-5-3-7-17(19)18-8-4-6-10-20(18)21;/h3-11,21H,12-13H2,1-2H3,(H,30,31);/q-1;+1. The minimum atomic E-state index is -5.13. The Morgan fingerprint density at radius 3 is 2.09 bits per heavy atom. The summed E-state index contributed by atoms with van der Waals surface area (Å²) in [4.78, 5) is 12.4. The van der Waals surface area contributed by atoms with Gasteiger partial charge in [-0.3, -0.25) is 0 Å². The molecule has 0 aromatic heterocycles. The topological polar surface area (TPSA) is 38.3 Å². The predicted octanol–water partition coefficient (Wildman–Crippen LogP) is 3.01. The van der Waals surface area contributed by atoms with E-state index in [0.29, 0.717) is 9.13 Å². The number of carbonyl (C=O) groups excluding carboxylic acids is 1. The summed E-state index contributed by atoms with van der Waals surface area (Å²) in [6, 6.07) is 17.2. The number of hydrogen-bond acceptors (Lipinski definition) is 2. The molecule has 0 spiro atoms. The van der Waals surface area contributed by atoms with E-state index in [-0.39, 0.29) is 76.0 Å². The molecule has 1 aliphatic carbocycles. The number of rotatable bonds is 5. The maximum Gasteiger partial charge on any atom is 1.00 e. The summed E-state index contributed by atoms with van der Waals surface area (Å²) in [6.45, 7) is -1.77. The van der Waals surface area contributed by atoms with Gasteiger partial charge in [-0.1, -0.05) is 60.2 Å². The molecule has 0 saturated carbocycles. The number of ether oxygens (including phenoxy) is 1. The van der Waals surface area contributed by atoms with Gasteiger partial charge >= 0.3 is 64.5 Å². The SMILES string of the molecule is Cc1c(CNC(=O)OCC2c3ccccc3-c3ccccc32)cc([B-](F)(F)F)c(C)c1I.[K+]. The molecule has 1 aliphatic rings. The summed E-state index contributed by atoms with van der Waals surface area (Å²) >= 11 is 1.93. The summed E-state index contributed by atoms with van der Waals surface area (Å²) in [5.41, 5.74) is 5.22. The molecule has 3 aromatic carbocycles. The molecule has 3 aromatic rings. The van der Waals surface area contributed by atoms with Crippen LogP contribution < -0.4 is 62.2 Å². The van der Waals surface area contributed by atoms with Crippen LogP contribution in [0.5, 0.6) is 0 Å². The van der Waals surface area contributed by atoms with Gasteiger partial charge in [0.15, 0.2) is 0 Å². The van der Waals surface area contributed by atoms with Gasteiger partial charge in [0.1, 0.15) is 6.61 Å². The van der Waals surface area contributed by atoms with Crippen molar-refractivity contribution in [1.82, 2.24) is 5.32 Å². The van der Waals surface area contributed by atoms with Gasteiger partial charge in [-0.2, -0.15) is 0 Å². The van der Waals surface area contributed by atoms with E-state index >= 15 is 0 Å². The van der Waals surface area contributed by atoms with Crippen molar-refractivity contribution < 1.29 is 73.9 Å². The normalized spacial score (nSPS) is 12.5. The monoisotopic (exact) mass is 589 g/mol. The van der Waals surface area contributed by atoms with Crippen molar-refractivity contribution in [3.8, 4) is 11.1 Å². The maximum atomic E-state index is 13.4. The molecule has 1 amide bonds. The number of nitrogens with one attached hydrogen (secondary N) is 1. The minimum absolute atomic E-state index is 0. The largest absolute Gasteiger partial charge is 1.00 e. The number of hydrogen-bond donors (Lipinski definition) is 1. The van der Waals surface area contributed by atoms with Crippen molar-refractivity contribution >= 4 is 41.1 Å². The fourth-order valence-corrected chi connectivity index (χ4v) is 4.95. The van der Waals surface area contributed by atoms with Crippen molar-refractivity contribution in [3.63, 3.8) is 0 Å². The van der Waals surface area contributed by atoms with E-state index in [1.165, 1.54) is 6.92 Å². The van der Waals surface area contributed by atoms with Gasteiger partial charge in [0, 0.05) is 16.0 Å². The summed E-state index contributed by atoms with van der Waals surface area (Å²) in [5, 5.41) is 2.61. The number of amides is 1. The van der Waals surface area contributed by atoms with E-state index in [0.717, 1.165) is 33.9 Å². The zero-order valence-corrected chi connectivity index (χ0v) is 23.9. The van der Waals surface area contributed by atoms with Crippen LogP contribution in [0.1, 0.15) is 33.7 Å². The van der Waals surface area contributed by atoms with Crippen LogP contribution in [0.4, 0.5) is 17.7 Å². The second-order valence-electron chi connectivity index (χ2n) is 7.94. The molecule has 0 heterocycles. The average molecular weight is 589 g/mol. The molecule has 0 bridgehead atoms. The molecule has 3 nitrogen and oxygen atoms in total. The van der Waals surface area contributed by atoms with Gasteiger partial charge in [-0.15, -0.1) is 5.46 Å². The van der Waals surface area contributed by atoms with E-state index in [1.54, 1.807) is 6.92 Å². The summed E-state index contributed by atoms with van der Waals surface area (Å²) in [5.74, 6) is -0.0743. The Morgan fingerprint density at radius 2 is 1.55 bits per heavy atom. The van der Waals surface area contributed by atoms with Crippen LogP contribution in [0.25, 0.3) is 11.1 Å². The first-order valence-corrected chi connectivity index (χ1v) is 11.3. The zero-order valence-electron chi connectivity index (χ0n) is 18.6. The maximum absolute atomic E-state index is 13.4. The minimum Gasteiger partial charge on any atom is -0.449 e. The van der Waals surface area contributed by atoms with Crippen LogP contribution >= 0.6 is 22.6 Å². The predicted molar refractivity (Wildman–Crippen MR) is 129 cm³/mol. The number of halogens is 4. The van der Waals surface area contributed by atoms with E-state index in [1.807, 2.05) is 59.0 Å². The van der Waals surface area contributed by atoms with Crippen molar-refractivity contribution in [3.05, 3.63) is 86.0 Å². The van der Waals surface area contributed by atoms with E-state index in [2.05, 4.69) is 17.4 Å². The first-order chi connectivity index (χ1) is 15.2. The Kier molecular flexibility index (Phi) is 8.77. The third kappa shape index (κ3) is 5.54. The Hall–Kier alpha value is -0.849. The van der Waals surface area contributed by atoms with E-state index < -0.39 is 18.5 Å². The van der Waals surface area contributed by atoms with Gasteiger partial charge in [-0.05, 0) is 69.8 Å². The molecule has 0 atom stereocenters. The molecular formula is C24H21BF3IKNO2. The number of fused-ring (bicyclic) bond motifs is 3. The van der Waals surface area contributed by atoms with Gasteiger partial charge < -0.3 is 23.0 Å². The van der Waals surface area contributed by atoms with Crippen LogP contribution in [-0.4, -0.2) is 19.7 Å². The molecule has 0 unspecified atom stereocenters. The number of benzene rings is 3. The molecule has 4 rings (SSSR count). The fraction of sp³-hybridized carbons (Fsp3) is 0.208. The smallest absolute Gasteiger partial charge is 0.449 e. The van der Waals surface area contributed by atoms with Gasteiger partial charge in [-0.25, -0.2) is 4.79 Å². The molecule has 0 fully saturated rings. The molecule has 9 heteroatoms. The van der Waals surface area contributed by atoms with Gasteiger partial charge in [0.2, 0.25) is 0 Å². The van der Waals surface area contributed by atoms with E-state index in [4.69, 9.17) is 4.74 Å². The molecule has 33 heavy (non-hydrogen) atoms. The zero-order chi connectivity index (χ0) is 23.0. The van der Waals surface area contributed by atoms with Crippen molar-refractivity contribution in [1.29, 1.82) is 0 Å². The Bertz CT molecular complexity index is 1160. The number of alkyl carbamates (subject to hydrolysis) is 1. The third-order valence-corrected chi connectivity index (χ3v) is 7.64. The second kappa shape index (κ2) is 10.8. The molecule has 0 aliphatic heterocycles. The fourth-order valence-electron chi connectivity index (χ4n) is 4.29. The summed E-state index contributed by atoms with van der Waals surface area (Å²) in [6.07, 6.45) is -0.652. The first kappa shape index (κ1) is 26.8. The van der Waals surface area contributed by atoms with Crippen molar-refractivity contribution in [2.75, 3.05) is 6.61 Å². The average Bonchev–Trinajstić information content (AvgIpc) is 3.08. The third-order valence-electron chi connectivity index (χ3n) is 6.02. The Morgan fingerprint density at radius 1 is 1.00 bits per heavy atom. The van der Waals surface area contributed by atoms with Gasteiger partial charge in [0.25, 0.3) is 0 Å². The molecule has 0 saturated heterocycles. The van der Waals surface area contributed by atoms with Gasteiger partial charge in [0.05, 0.1) is 0 Å². The second-order valence-corrected chi connectivity index (χ2v) is 9.02. The molecule has 166 valence electrons. The van der Waals surface area contributed by atoms with Crippen molar-refractivity contribution in [2.24, 2.45) is 0 Å². The first-order valence-electron chi connectivity index (χ1n) is 10.3. The molecule has 1 N–H and O–H groups in total. The van der Waals surface area contributed by atoms with Crippen LogP contribution in [0.2, 0.25) is 0 Å². The van der Waals surface area contributed by atoms with E-state index in [9.17, 15) is 17.7 Å². The Labute approximate surface area is 247 Å². The van der Waals surface area contributed by atoms with Crippen LogP contribution in [0.3, 0.4) is 0 Å². The Balaban J connectivity index is 0.00000306. The number of carbonyl (C=O) groups is 1. The van der Waals surface area contributed by atoms with Crippen molar-refractivity contribution in [2.45, 2.75) is 26.3 Å². The quantitative estimate of drug-likeness (QED) is 0.368. The molecular weight excluding hydrogens is 568 g/mol. The van der Waals surface area contributed by atoms with Crippen LogP contribution in [0, 0.1) is 17.4 Å². The van der Waals surface area contributed by atoms with Crippen LogP contribution in [0.15, 0.2) is 54.6 Å². The summed E-state index contributed by atoms with van der Waals surface area (Å²) in [7, 11) is 0. The van der Waals surface area contributed by atoms with Crippen LogP contribution in [-0.2, 0) is 11.3 Å².